The highest BCUT2D eigenvalue weighted by atomic mass is 127. The summed E-state index contributed by atoms with van der Waals surface area (Å²) >= 11 is 0. The molecule has 1 fully saturated rings. The van der Waals surface area contributed by atoms with E-state index in [4.69, 9.17) is 4.74 Å². The quantitative estimate of drug-likeness (QED) is 0.244. The highest BCUT2D eigenvalue weighted by Crippen LogP contribution is 2.24. The Bertz CT molecular complexity index is 607. The first-order valence-corrected chi connectivity index (χ1v) is 8.73. The fourth-order valence-electron chi connectivity index (χ4n) is 2.65. The van der Waals surface area contributed by atoms with Crippen LogP contribution < -0.4 is 16.0 Å². The van der Waals surface area contributed by atoms with Crippen molar-refractivity contribution >= 4 is 35.8 Å². The zero-order valence-corrected chi connectivity index (χ0v) is 17.6. The van der Waals surface area contributed by atoms with Crippen LogP contribution in [0, 0.1) is 5.82 Å². The lowest BCUT2D eigenvalue weighted by Crippen LogP contribution is -2.42. The molecule has 146 valence electrons. The third-order valence-corrected chi connectivity index (χ3v) is 4.04. The van der Waals surface area contributed by atoms with E-state index in [1.54, 1.807) is 12.1 Å². The van der Waals surface area contributed by atoms with Crippen molar-refractivity contribution in [1.82, 2.24) is 16.0 Å². The Morgan fingerprint density at radius 2 is 2.00 bits per heavy atom. The van der Waals surface area contributed by atoms with Gasteiger partial charge in [-0.25, -0.2) is 4.39 Å². The maximum absolute atomic E-state index is 13.5. The van der Waals surface area contributed by atoms with Crippen LogP contribution in [0.4, 0.5) is 4.39 Å². The number of hydrogen-bond donors (Lipinski definition) is 3. The van der Waals surface area contributed by atoms with E-state index in [9.17, 15) is 9.18 Å². The summed E-state index contributed by atoms with van der Waals surface area (Å²) < 4.78 is 19.3. The van der Waals surface area contributed by atoms with E-state index in [0.717, 1.165) is 26.0 Å². The van der Waals surface area contributed by atoms with Crippen LogP contribution in [-0.2, 0) is 4.74 Å². The third kappa shape index (κ3) is 7.06. The molecule has 0 bridgehead atoms. The first kappa shape index (κ1) is 22.6. The van der Waals surface area contributed by atoms with Crippen LogP contribution in [0.3, 0.4) is 0 Å². The van der Waals surface area contributed by atoms with Crippen molar-refractivity contribution in [1.29, 1.82) is 0 Å². The number of rotatable bonds is 7. The van der Waals surface area contributed by atoms with Crippen molar-refractivity contribution in [3.05, 3.63) is 35.6 Å². The average molecular weight is 478 g/mol. The fourth-order valence-corrected chi connectivity index (χ4v) is 2.65. The molecule has 1 aromatic carbocycles. The van der Waals surface area contributed by atoms with E-state index in [0.29, 0.717) is 25.6 Å². The number of aliphatic imine (C=N–C) groups is 1. The minimum Gasteiger partial charge on any atom is -0.373 e. The summed E-state index contributed by atoms with van der Waals surface area (Å²) in [7, 11) is 0. The molecule has 2 rings (SSSR count). The number of hydrogen-bond acceptors (Lipinski definition) is 3. The number of amides is 1. The molecule has 3 N–H and O–H groups in total. The lowest BCUT2D eigenvalue weighted by Gasteiger charge is -2.21. The lowest BCUT2D eigenvalue weighted by molar-refractivity contribution is 0.0283. The molecule has 0 radical (unpaired) electrons. The van der Waals surface area contributed by atoms with Crippen molar-refractivity contribution in [3.8, 4) is 0 Å². The Balaban J connectivity index is 0.00000338. The van der Waals surface area contributed by atoms with Crippen molar-refractivity contribution in [2.24, 2.45) is 4.99 Å². The van der Waals surface area contributed by atoms with Gasteiger partial charge in [-0.05, 0) is 38.8 Å². The average Bonchev–Trinajstić information content (AvgIpc) is 3.03. The second-order valence-corrected chi connectivity index (χ2v) is 6.26. The number of carbonyl (C=O) groups excluding carboxylic acids is 1. The van der Waals surface area contributed by atoms with Crippen molar-refractivity contribution in [2.75, 3.05) is 32.8 Å². The monoisotopic (exact) mass is 478 g/mol. The summed E-state index contributed by atoms with van der Waals surface area (Å²) in [6.07, 6.45) is 2.08. The largest absolute Gasteiger partial charge is 0.373 e. The van der Waals surface area contributed by atoms with E-state index >= 15 is 0 Å². The number of carbonyl (C=O) groups is 1. The lowest BCUT2D eigenvalue weighted by atomic mass is 10.0. The van der Waals surface area contributed by atoms with Crippen molar-refractivity contribution in [2.45, 2.75) is 32.3 Å². The van der Waals surface area contributed by atoms with E-state index in [-0.39, 0.29) is 35.1 Å². The van der Waals surface area contributed by atoms with Crippen LogP contribution in [0.2, 0.25) is 0 Å². The number of benzene rings is 1. The SMILES string of the molecule is CCNC(=NCC1(C)CCCO1)NCCNC(=O)c1ccccc1F.I. The molecular weight excluding hydrogens is 450 g/mol. The molecule has 0 spiro atoms. The molecule has 1 saturated heterocycles. The second kappa shape index (κ2) is 11.3. The van der Waals surface area contributed by atoms with Gasteiger partial charge in [0.25, 0.3) is 5.91 Å². The molecule has 0 aliphatic carbocycles. The van der Waals surface area contributed by atoms with Gasteiger partial charge in [-0.2, -0.15) is 0 Å². The van der Waals surface area contributed by atoms with Gasteiger partial charge in [-0.15, -0.1) is 24.0 Å². The number of nitrogens with one attached hydrogen (secondary N) is 3. The number of guanidine groups is 1. The minimum atomic E-state index is -0.521. The van der Waals surface area contributed by atoms with Crippen LogP contribution >= 0.6 is 24.0 Å². The maximum Gasteiger partial charge on any atom is 0.254 e. The zero-order chi connectivity index (χ0) is 18.1. The number of halogens is 2. The Kier molecular flexibility index (Phi) is 9.85. The number of nitrogens with zero attached hydrogens (tertiary/aromatic N) is 1. The third-order valence-electron chi connectivity index (χ3n) is 4.04. The van der Waals surface area contributed by atoms with Crippen LogP contribution in [0.25, 0.3) is 0 Å². The predicted octanol–water partition coefficient (Wildman–Crippen LogP) is 2.30. The highest BCUT2D eigenvalue weighted by Gasteiger charge is 2.29. The topological polar surface area (TPSA) is 74.8 Å². The zero-order valence-electron chi connectivity index (χ0n) is 15.3. The van der Waals surface area contributed by atoms with Gasteiger partial charge >= 0.3 is 0 Å². The highest BCUT2D eigenvalue weighted by molar-refractivity contribution is 14.0. The van der Waals surface area contributed by atoms with Crippen LogP contribution in [-0.4, -0.2) is 50.3 Å². The molecule has 6 nitrogen and oxygen atoms in total. The first-order valence-electron chi connectivity index (χ1n) is 8.73. The smallest absolute Gasteiger partial charge is 0.254 e. The van der Waals surface area contributed by atoms with E-state index in [1.165, 1.54) is 12.1 Å². The Morgan fingerprint density at radius 3 is 2.65 bits per heavy atom. The summed E-state index contributed by atoms with van der Waals surface area (Å²) in [5, 5.41) is 9.01. The minimum absolute atomic E-state index is 0. The fraction of sp³-hybridized carbons (Fsp3) is 0.556. The normalized spacial score (nSPS) is 19.6. The van der Waals surface area contributed by atoms with Gasteiger partial charge < -0.3 is 20.7 Å². The molecule has 1 aliphatic rings. The number of ether oxygens (including phenoxy) is 1. The Labute approximate surface area is 171 Å². The first-order chi connectivity index (χ1) is 12.0. The van der Waals surface area contributed by atoms with Gasteiger partial charge in [0.15, 0.2) is 5.96 Å². The molecule has 8 heteroatoms. The summed E-state index contributed by atoms with van der Waals surface area (Å²) in [5.41, 5.74) is -0.143. The molecule has 1 heterocycles. The molecule has 1 aromatic rings. The van der Waals surface area contributed by atoms with Gasteiger partial charge in [-0.1, -0.05) is 12.1 Å². The van der Waals surface area contributed by atoms with Crippen LogP contribution in [0.15, 0.2) is 29.3 Å². The van der Waals surface area contributed by atoms with E-state index < -0.39 is 11.7 Å². The summed E-state index contributed by atoms with van der Waals surface area (Å²) in [4.78, 5) is 16.5. The summed E-state index contributed by atoms with van der Waals surface area (Å²) in [6, 6.07) is 5.93. The molecule has 1 unspecified atom stereocenters. The van der Waals surface area contributed by atoms with E-state index in [1.807, 2.05) is 6.92 Å². The van der Waals surface area contributed by atoms with Gasteiger partial charge in [-0.3, -0.25) is 9.79 Å². The summed E-state index contributed by atoms with van der Waals surface area (Å²) in [6.45, 7) is 7.04. The van der Waals surface area contributed by atoms with Crippen LogP contribution in [0.5, 0.6) is 0 Å². The van der Waals surface area contributed by atoms with Gasteiger partial charge in [0.1, 0.15) is 5.82 Å². The standard InChI is InChI=1S/C18H27FN4O2.HI/c1-3-20-17(23-13-18(2)9-6-12-25-18)22-11-10-21-16(24)14-7-4-5-8-15(14)19;/h4-5,7-8H,3,6,9-13H2,1-2H3,(H,21,24)(H2,20,22,23);1H. The predicted molar refractivity (Wildman–Crippen MR) is 112 cm³/mol. The van der Waals surface area contributed by atoms with Gasteiger partial charge in [0, 0.05) is 26.2 Å². The Morgan fingerprint density at radius 1 is 1.27 bits per heavy atom. The Hall–Kier alpha value is -1.42. The van der Waals surface area contributed by atoms with Gasteiger partial charge in [0.05, 0.1) is 17.7 Å². The second-order valence-electron chi connectivity index (χ2n) is 6.26. The molecule has 0 saturated carbocycles. The molecule has 1 amide bonds. The molecule has 1 atom stereocenters. The molecule has 26 heavy (non-hydrogen) atoms. The summed E-state index contributed by atoms with van der Waals surface area (Å²) in [5.74, 6) is -0.263. The molecular formula is C18H28FIN4O2. The van der Waals surface area contributed by atoms with Gasteiger partial charge in [0.2, 0.25) is 0 Å². The van der Waals surface area contributed by atoms with Crippen LogP contribution in [0.1, 0.15) is 37.0 Å². The van der Waals surface area contributed by atoms with Crippen molar-refractivity contribution < 1.29 is 13.9 Å². The molecule has 0 aromatic heterocycles. The maximum atomic E-state index is 13.5. The van der Waals surface area contributed by atoms with Crippen molar-refractivity contribution in [3.63, 3.8) is 0 Å². The van der Waals surface area contributed by atoms with E-state index in [2.05, 4.69) is 27.9 Å². The molecule has 1 aliphatic heterocycles.